The van der Waals surface area contributed by atoms with E-state index >= 15 is 0 Å². The Hall–Kier alpha value is -2.19. The lowest BCUT2D eigenvalue weighted by molar-refractivity contribution is -0.146. The Balaban J connectivity index is 1.25. The summed E-state index contributed by atoms with van der Waals surface area (Å²) in [4.78, 5) is 40.7. The smallest absolute Gasteiger partial charge is 0.247 e. The van der Waals surface area contributed by atoms with Crippen molar-refractivity contribution in [3.05, 3.63) is 54.6 Å². The second kappa shape index (κ2) is 8.30. The van der Waals surface area contributed by atoms with Gasteiger partial charge in [0.1, 0.15) is 17.5 Å². The zero-order chi connectivity index (χ0) is 22.6. The normalized spacial score (nSPS) is 31.5. The Bertz CT molecular complexity index is 1030. The number of nitrogens with one attached hydrogen (secondary N) is 1. The zero-order valence-corrected chi connectivity index (χ0v) is 20.5. The summed E-state index contributed by atoms with van der Waals surface area (Å²) in [5.41, 5.74) is 0.572. The molecule has 1 heterocycles. The molecule has 2 aromatic carbocycles. The first-order chi connectivity index (χ1) is 15.4. The van der Waals surface area contributed by atoms with E-state index in [9.17, 15) is 14.4 Å². The summed E-state index contributed by atoms with van der Waals surface area (Å²) in [5.74, 6) is 0.152. The number of imide groups is 1. The third-order valence-electron chi connectivity index (χ3n) is 6.89. The van der Waals surface area contributed by atoms with Gasteiger partial charge in [-0.2, -0.15) is 0 Å². The van der Waals surface area contributed by atoms with Crippen molar-refractivity contribution in [2.45, 2.75) is 29.0 Å². The number of halogens is 2. The highest BCUT2D eigenvalue weighted by Gasteiger charge is 2.67. The molecule has 1 N–H and O–H groups in total. The predicted molar refractivity (Wildman–Crippen MR) is 127 cm³/mol. The maximum absolute atomic E-state index is 13.1. The number of hydrogen-bond acceptors (Lipinski definition) is 4. The fourth-order valence-electron chi connectivity index (χ4n) is 5.35. The van der Waals surface area contributed by atoms with Crippen LogP contribution in [0.4, 0.5) is 5.69 Å². The molecular formula is C24H22Br2N2O4. The van der Waals surface area contributed by atoms with Gasteiger partial charge in [-0.1, -0.05) is 50.1 Å². The summed E-state index contributed by atoms with van der Waals surface area (Å²) in [6.07, 6.45) is 0.866. The molecule has 32 heavy (non-hydrogen) atoms. The van der Waals surface area contributed by atoms with Gasteiger partial charge < -0.3 is 10.1 Å². The number of rotatable bonds is 5. The van der Waals surface area contributed by atoms with Gasteiger partial charge in [-0.25, -0.2) is 0 Å². The average Bonchev–Trinajstić information content (AvgIpc) is 3.40. The maximum Gasteiger partial charge on any atom is 0.247 e. The number of carbonyl (C=O) groups excluding carboxylic acids is 3. The number of carbonyl (C=O) groups is 3. The standard InChI is InChI=1S/C24H22Br2N2O4/c1-12(28-23(30)18-16-11-17(19(18)24(28)31)21(26)20(16)25)22(29)27-13-7-9-15(10-8-13)32-14-5-3-2-4-6-14/h2-10,12,16-21H,11H2,1H3,(H,27,29)/t12-,16-,17-,18-,19-,20-,21+/m1/s1. The van der Waals surface area contributed by atoms with Crippen molar-refractivity contribution in [2.75, 3.05) is 5.32 Å². The second-order valence-electron chi connectivity index (χ2n) is 8.66. The number of nitrogens with zero attached hydrogens (tertiary/aromatic N) is 1. The van der Waals surface area contributed by atoms with Crippen LogP contribution in [0.5, 0.6) is 11.5 Å². The van der Waals surface area contributed by atoms with Gasteiger partial charge in [-0.05, 0) is 61.6 Å². The monoisotopic (exact) mass is 560 g/mol. The first-order valence-corrected chi connectivity index (χ1v) is 12.5. The molecule has 5 rings (SSSR count). The van der Waals surface area contributed by atoms with Gasteiger partial charge in [0, 0.05) is 15.3 Å². The van der Waals surface area contributed by atoms with Crippen LogP contribution in [0.3, 0.4) is 0 Å². The van der Waals surface area contributed by atoms with E-state index in [0.29, 0.717) is 11.4 Å². The number of ether oxygens (including phenoxy) is 1. The Labute approximate surface area is 202 Å². The van der Waals surface area contributed by atoms with Gasteiger partial charge in [-0.3, -0.25) is 19.3 Å². The van der Waals surface area contributed by atoms with Crippen LogP contribution in [0.1, 0.15) is 13.3 Å². The van der Waals surface area contributed by atoms with Crippen LogP contribution in [0.15, 0.2) is 54.6 Å². The number of likely N-dealkylation sites (tertiary alicyclic amines) is 1. The fraction of sp³-hybridized carbons (Fsp3) is 0.375. The summed E-state index contributed by atoms with van der Waals surface area (Å²) in [7, 11) is 0. The molecule has 2 saturated carbocycles. The van der Waals surface area contributed by atoms with Crippen molar-refractivity contribution in [1.82, 2.24) is 4.90 Å². The van der Waals surface area contributed by atoms with Crippen molar-refractivity contribution < 1.29 is 19.1 Å². The zero-order valence-electron chi connectivity index (χ0n) is 17.3. The molecule has 0 unspecified atom stereocenters. The highest BCUT2D eigenvalue weighted by Crippen LogP contribution is 2.60. The third-order valence-corrected chi connectivity index (χ3v) is 10.1. The summed E-state index contributed by atoms with van der Waals surface area (Å²) in [6.45, 7) is 1.61. The van der Waals surface area contributed by atoms with Gasteiger partial charge in [-0.15, -0.1) is 0 Å². The highest BCUT2D eigenvalue weighted by molar-refractivity contribution is 9.12. The van der Waals surface area contributed by atoms with Gasteiger partial charge in [0.25, 0.3) is 0 Å². The molecule has 2 bridgehead atoms. The lowest BCUT2D eigenvalue weighted by atomic mass is 9.81. The first-order valence-electron chi connectivity index (χ1n) is 10.7. The molecule has 6 nitrogen and oxygen atoms in total. The van der Waals surface area contributed by atoms with E-state index < -0.39 is 6.04 Å². The van der Waals surface area contributed by atoms with E-state index in [4.69, 9.17) is 4.74 Å². The van der Waals surface area contributed by atoms with E-state index in [2.05, 4.69) is 37.2 Å². The number of para-hydroxylation sites is 1. The van der Waals surface area contributed by atoms with Gasteiger partial charge >= 0.3 is 0 Å². The van der Waals surface area contributed by atoms with E-state index in [1.165, 1.54) is 4.90 Å². The molecule has 0 radical (unpaired) electrons. The summed E-state index contributed by atoms with van der Waals surface area (Å²) in [5, 5.41) is 2.81. The van der Waals surface area contributed by atoms with Crippen molar-refractivity contribution in [1.29, 1.82) is 0 Å². The van der Waals surface area contributed by atoms with Crippen molar-refractivity contribution in [2.24, 2.45) is 23.7 Å². The minimum Gasteiger partial charge on any atom is -0.457 e. The first kappa shape index (κ1) is 21.6. The Morgan fingerprint density at radius 1 is 0.938 bits per heavy atom. The molecule has 8 heteroatoms. The van der Waals surface area contributed by atoms with Crippen molar-refractivity contribution in [3.63, 3.8) is 0 Å². The van der Waals surface area contributed by atoms with Crippen LogP contribution in [0, 0.1) is 23.7 Å². The lowest BCUT2D eigenvalue weighted by Gasteiger charge is -2.28. The van der Waals surface area contributed by atoms with Crippen LogP contribution in [-0.4, -0.2) is 38.3 Å². The number of hydrogen-bond donors (Lipinski definition) is 1. The molecule has 7 atom stereocenters. The molecule has 3 amide bonds. The van der Waals surface area contributed by atoms with Gasteiger partial charge in [0.2, 0.25) is 17.7 Å². The van der Waals surface area contributed by atoms with Crippen LogP contribution in [0.2, 0.25) is 0 Å². The Morgan fingerprint density at radius 3 is 2.03 bits per heavy atom. The molecule has 3 aliphatic rings. The number of fused-ring (bicyclic) bond motifs is 5. The van der Waals surface area contributed by atoms with Crippen LogP contribution in [-0.2, 0) is 14.4 Å². The molecule has 1 aliphatic heterocycles. The summed E-state index contributed by atoms with van der Waals surface area (Å²) >= 11 is 7.37. The topological polar surface area (TPSA) is 75.7 Å². The quantitative estimate of drug-likeness (QED) is 0.428. The lowest BCUT2D eigenvalue weighted by Crippen LogP contribution is -2.46. The predicted octanol–water partition coefficient (Wildman–Crippen LogP) is 4.58. The maximum atomic E-state index is 13.1. The number of amides is 3. The second-order valence-corrected chi connectivity index (χ2v) is 10.8. The molecule has 3 fully saturated rings. The SMILES string of the molecule is C[C@H](C(=O)Nc1ccc(Oc2ccccc2)cc1)N1C(=O)[C@@H]2[C@H]3C[C@@H]([C@@H](Br)[C@H]3Br)[C@H]2C1=O. The fourth-order valence-corrected chi connectivity index (χ4v) is 7.22. The molecule has 2 aliphatic carbocycles. The van der Waals surface area contributed by atoms with Gasteiger partial charge in [0.15, 0.2) is 0 Å². The molecule has 166 valence electrons. The van der Waals surface area contributed by atoms with E-state index in [-0.39, 0.29) is 51.0 Å². The van der Waals surface area contributed by atoms with E-state index in [1.807, 2.05) is 30.3 Å². The average molecular weight is 562 g/mol. The minimum absolute atomic E-state index is 0.128. The number of anilines is 1. The van der Waals surface area contributed by atoms with Crippen LogP contribution < -0.4 is 10.1 Å². The number of benzene rings is 2. The molecular weight excluding hydrogens is 540 g/mol. The number of alkyl halides is 2. The van der Waals surface area contributed by atoms with Crippen molar-refractivity contribution in [3.8, 4) is 11.5 Å². The van der Waals surface area contributed by atoms with Crippen LogP contribution >= 0.6 is 31.9 Å². The van der Waals surface area contributed by atoms with E-state index in [0.717, 1.165) is 12.2 Å². The molecule has 0 aromatic heterocycles. The van der Waals surface area contributed by atoms with Gasteiger partial charge in [0.05, 0.1) is 11.8 Å². The Morgan fingerprint density at radius 2 is 1.47 bits per heavy atom. The highest BCUT2D eigenvalue weighted by atomic mass is 79.9. The largest absolute Gasteiger partial charge is 0.457 e. The molecule has 1 saturated heterocycles. The summed E-state index contributed by atoms with van der Waals surface area (Å²) in [6, 6.07) is 15.5. The molecule has 0 spiro atoms. The molecule has 2 aromatic rings. The van der Waals surface area contributed by atoms with Crippen LogP contribution in [0.25, 0.3) is 0 Å². The van der Waals surface area contributed by atoms with E-state index in [1.54, 1.807) is 31.2 Å². The minimum atomic E-state index is -0.872. The summed E-state index contributed by atoms with van der Waals surface area (Å²) < 4.78 is 5.76. The Kier molecular flexibility index (Phi) is 5.61. The van der Waals surface area contributed by atoms with Crippen molar-refractivity contribution >= 4 is 55.3 Å². The third kappa shape index (κ3) is 3.48.